The molecule has 3 atom stereocenters. The topological polar surface area (TPSA) is 84.9 Å². The molecule has 3 amide bonds. The van der Waals surface area contributed by atoms with Crippen molar-refractivity contribution in [2.75, 3.05) is 12.1 Å². The summed E-state index contributed by atoms with van der Waals surface area (Å²) in [5, 5.41) is 2.73. The number of ether oxygens (including phenoxy) is 2. The number of hydrogen-bond acceptors (Lipinski definition) is 5. The average Bonchev–Trinajstić information content (AvgIpc) is 3.18. The smallest absolute Gasteiger partial charge is 0.247 e. The number of imide groups is 1. The molecule has 0 unspecified atom stereocenters. The molecule has 1 aliphatic carbocycles. The molecule has 2 aliphatic heterocycles. The Hall–Kier alpha value is -2.83. The molecule has 1 fully saturated rings. The molecule has 7 heteroatoms. The quantitative estimate of drug-likeness (QED) is 0.667. The van der Waals surface area contributed by atoms with E-state index >= 15 is 0 Å². The highest BCUT2D eigenvalue weighted by Gasteiger charge is 2.50. The minimum Gasteiger partial charge on any atom is -0.454 e. The van der Waals surface area contributed by atoms with Gasteiger partial charge in [0.25, 0.3) is 0 Å². The summed E-state index contributed by atoms with van der Waals surface area (Å²) in [6, 6.07) is 4.19. The van der Waals surface area contributed by atoms with Crippen molar-refractivity contribution < 1.29 is 23.9 Å². The van der Waals surface area contributed by atoms with E-state index < -0.39 is 11.9 Å². The minimum absolute atomic E-state index is 0.150. The molecule has 4 rings (SSSR count). The summed E-state index contributed by atoms with van der Waals surface area (Å²) in [6.45, 7) is 1.72. The zero-order valence-corrected chi connectivity index (χ0v) is 13.7. The molecule has 1 aromatic rings. The standard InChI is InChI=1S/C18H18N2O5/c1-10(20-17(22)12-4-2-3-5-13(12)18(20)23)16(21)19-11-6-7-14-15(8-11)25-9-24-14/h2-3,6-8,10,12-13H,4-5,9H2,1H3,(H,19,21)/t10-,12-,13+/m1/s1. The van der Waals surface area contributed by atoms with Crippen LogP contribution in [0, 0.1) is 11.8 Å². The van der Waals surface area contributed by atoms with Gasteiger partial charge < -0.3 is 14.8 Å². The molecule has 1 N–H and O–H groups in total. The van der Waals surface area contributed by atoms with E-state index in [2.05, 4.69) is 5.32 Å². The Kier molecular flexibility index (Phi) is 3.71. The van der Waals surface area contributed by atoms with Gasteiger partial charge in [-0.1, -0.05) is 12.2 Å². The number of likely N-dealkylation sites (tertiary alicyclic amines) is 1. The van der Waals surface area contributed by atoms with Gasteiger partial charge in [-0.25, -0.2) is 0 Å². The lowest BCUT2D eigenvalue weighted by molar-refractivity contribution is -0.146. The van der Waals surface area contributed by atoms with Crippen molar-refractivity contribution in [1.82, 2.24) is 4.90 Å². The van der Waals surface area contributed by atoms with Crippen LogP contribution >= 0.6 is 0 Å². The number of amides is 3. The van der Waals surface area contributed by atoms with Crippen molar-refractivity contribution in [3.63, 3.8) is 0 Å². The highest BCUT2D eigenvalue weighted by molar-refractivity contribution is 6.10. The Balaban J connectivity index is 1.49. The van der Waals surface area contributed by atoms with Gasteiger partial charge in [-0.05, 0) is 31.9 Å². The Labute approximate surface area is 144 Å². The van der Waals surface area contributed by atoms with E-state index in [1.807, 2.05) is 12.2 Å². The zero-order valence-electron chi connectivity index (χ0n) is 13.7. The van der Waals surface area contributed by atoms with Gasteiger partial charge in [0.1, 0.15) is 6.04 Å². The molecule has 130 valence electrons. The van der Waals surface area contributed by atoms with Gasteiger partial charge in [0, 0.05) is 11.8 Å². The molecule has 3 aliphatic rings. The van der Waals surface area contributed by atoms with Gasteiger partial charge >= 0.3 is 0 Å². The lowest BCUT2D eigenvalue weighted by atomic mass is 9.85. The molecular weight excluding hydrogens is 324 g/mol. The molecule has 2 heterocycles. The third-order valence-electron chi connectivity index (χ3n) is 4.95. The van der Waals surface area contributed by atoms with Crippen molar-refractivity contribution in [2.24, 2.45) is 11.8 Å². The first-order chi connectivity index (χ1) is 12.1. The first-order valence-electron chi connectivity index (χ1n) is 8.28. The highest BCUT2D eigenvalue weighted by atomic mass is 16.7. The van der Waals surface area contributed by atoms with E-state index in [1.54, 1.807) is 25.1 Å². The number of carbonyl (C=O) groups excluding carboxylic acids is 3. The monoisotopic (exact) mass is 342 g/mol. The number of rotatable bonds is 3. The van der Waals surface area contributed by atoms with Crippen molar-refractivity contribution in [3.05, 3.63) is 30.4 Å². The zero-order chi connectivity index (χ0) is 17.6. The van der Waals surface area contributed by atoms with Gasteiger partial charge in [0.2, 0.25) is 24.5 Å². The van der Waals surface area contributed by atoms with Gasteiger partial charge in [0.15, 0.2) is 11.5 Å². The number of anilines is 1. The van der Waals surface area contributed by atoms with Crippen LogP contribution < -0.4 is 14.8 Å². The normalized spacial score (nSPS) is 25.1. The minimum atomic E-state index is -0.865. The van der Waals surface area contributed by atoms with Crippen LogP contribution in [0.15, 0.2) is 30.4 Å². The third kappa shape index (κ3) is 2.56. The van der Waals surface area contributed by atoms with Crippen LogP contribution in [0.3, 0.4) is 0 Å². The Morgan fingerprint density at radius 3 is 2.44 bits per heavy atom. The Bertz CT molecular complexity index is 762. The predicted octanol–water partition coefficient (Wildman–Crippen LogP) is 1.69. The number of nitrogens with zero attached hydrogens (tertiary/aromatic N) is 1. The second-order valence-corrected chi connectivity index (χ2v) is 6.44. The first-order valence-corrected chi connectivity index (χ1v) is 8.28. The molecule has 7 nitrogen and oxygen atoms in total. The summed E-state index contributed by atoms with van der Waals surface area (Å²) in [6.07, 6.45) is 4.96. The van der Waals surface area contributed by atoms with Crippen molar-refractivity contribution >= 4 is 23.4 Å². The number of hydrogen-bond donors (Lipinski definition) is 1. The highest BCUT2D eigenvalue weighted by Crippen LogP contribution is 2.37. The Morgan fingerprint density at radius 1 is 1.12 bits per heavy atom. The van der Waals surface area contributed by atoms with E-state index in [4.69, 9.17) is 9.47 Å². The summed E-state index contributed by atoms with van der Waals surface area (Å²) in [5.74, 6) is -0.424. The summed E-state index contributed by atoms with van der Waals surface area (Å²) in [5.41, 5.74) is 0.527. The fourth-order valence-electron chi connectivity index (χ4n) is 3.55. The van der Waals surface area contributed by atoms with Crippen LogP contribution in [0.5, 0.6) is 11.5 Å². The van der Waals surface area contributed by atoms with Crippen LogP contribution in [0.25, 0.3) is 0 Å². The van der Waals surface area contributed by atoms with E-state index in [9.17, 15) is 14.4 Å². The van der Waals surface area contributed by atoms with E-state index in [0.29, 0.717) is 30.0 Å². The van der Waals surface area contributed by atoms with Gasteiger partial charge in [0.05, 0.1) is 11.8 Å². The van der Waals surface area contributed by atoms with Gasteiger partial charge in [-0.2, -0.15) is 0 Å². The van der Waals surface area contributed by atoms with Gasteiger partial charge in [-0.15, -0.1) is 0 Å². The lowest BCUT2D eigenvalue weighted by Crippen LogP contribution is -2.46. The molecule has 0 spiro atoms. The molecule has 0 radical (unpaired) electrons. The Morgan fingerprint density at radius 2 is 1.76 bits per heavy atom. The number of allylic oxidation sites excluding steroid dienone is 2. The number of fused-ring (bicyclic) bond motifs is 2. The van der Waals surface area contributed by atoms with Gasteiger partial charge in [-0.3, -0.25) is 19.3 Å². The molecule has 1 saturated heterocycles. The van der Waals surface area contributed by atoms with Crippen molar-refractivity contribution in [1.29, 1.82) is 0 Å². The maximum absolute atomic E-state index is 12.6. The number of nitrogens with one attached hydrogen (secondary N) is 1. The molecule has 0 bridgehead atoms. The van der Waals surface area contributed by atoms with Crippen LogP contribution in [0.4, 0.5) is 5.69 Å². The van der Waals surface area contributed by atoms with Crippen molar-refractivity contribution in [2.45, 2.75) is 25.8 Å². The molecule has 0 saturated carbocycles. The molecule has 0 aromatic heterocycles. The van der Waals surface area contributed by atoms with Crippen molar-refractivity contribution in [3.8, 4) is 11.5 Å². The predicted molar refractivity (Wildman–Crippen MR) is 87.9 cm³/mol. The summed E-state index contributed by atoms with van der Waals surface area (Å²) < 4.78 is 10.5. The number of carbonyl (C=O) groups is 3. The fourth-order valence-corrected chi connectivity index (χ4v) is 3.55. The maximum Gasteiger partial charge on any atom is 0.247 e. The summed E-state index contributed by atoms with van der Waals surface area (Å²) >= 11 is 0. The van der Waals surface area contributed by atoms with E-state index in [-0.39, 0.29) is 30.4 Å². The second kappa shape index (κ2) is 5.91. The second-order valence-electron chi connectivity index (χ2n) is 6.44. The maximum atomic E-state index is 12.6. The SMILES string of the molecule is C[C@H](C(=O)Nc1ccc2c(c1)OCO2)N1C(=O)[C@H]2CC=CC[C@H]2C1=O. The van der Waals surface area contributed by atoms with Crippen LogP contribution in [0.2, 0.25) is 0 Å². The third-order valence-corrected chi connectivity index (χ3v) is 4.95. The van der Waals surface area contributed by atoms with Crippen LogP contribution in [-0.4, -0.2) is 35.5 Å². The summed E-state index contributed by atoms with van der Waals surface area (Å²) in [7, 11) is 0. The lowest BCUT2D eigenvalue weighted by Gasteiger charge is -2.22. The molecule has 25 heavy (non-hydrogen) atoms. The molecule has 1 aromatic carbocycles. The largest absolute Gasteiger partial charge is 0.454 e. The van der Waals surface area contributed by atoms with Crippen LogP contribution in [0.1, 0.15) is 19.8 Å². The fraction of sp³-hybridized carbons (Fsp3) is 0.389. The van der Waals surface area contributed by atoms with E-state index in [0.717, 1.165) is 4.90 Å². The van der Waals surface area contributed by atoms with Crippen LogP contribution in [-0.2, 0) is 14.4 Å². The molecular formula is C18H18N2O5. The van der Waals surface area contributed by atoms with E-state index in [1.165, 1.54) is 0 Å². The average molecular weight is 342 g/mol. The summed E-state index contributed by atoms with van der Waals surface area (Å²) in [4.78, 5) is 38.8. The first kappa shape index (κ1) is 15.7. The number of benzene rings is 1.